The molecule has 37 heavy (non-hydrogen) atoms. The van der Waals surface area contributed by atoms with E-state index >= 15 is 0 Å². The van der Waals surface area contributed by atoms with Crippen LogP contribution in [0.2, 0.25) is 0 Å². The molecule has 4 aromatic rings. The molecule has 0 radical (unpaired) electrons. The first-order valence-electron chi connectivity index (χ1n) is 12.3. The van der Waals surface area contributed by atoms with Crippen molar-refractivity contribution in [2.75, 3.05) is 41.3 Å². The Bertz CT molecular complexity index is 1480. The fraction of sp³-hybridized carbons (Fsp3) is 0.269. The van der Waals surface area contributed by atoms with Crippen molar-refractivity contribution >= 4 is 46.0 Å². The molecule has 188 valence electrons. The van der Waals surface area contributed by atoms with Crippen LogP contribution < -0.4 is 25.8 Å². The molecule has 2 aromatic heterocycles. The number of carbonyl (C=O) groups excluding carboxylic acids is 2. The second kappa shape index (κ2) is 9.41. The summed E-state index contributed by atoms with van der Waals surface area (Å²) >= 11 is 0. The van der Waals surface area contributed by atoms with E-state index in [1.54, 1.807) is 17.4 Å². The highest BCUT2D eigenvalue weighted by atomic mass is 16.2. The molecule has 4 amide bonds. The minimum atomic E-state index is -0.278. The first kappa shape index (κ1) is 22.8. The summed E-state index contributed by atoms with van der Waals surface area (Å²) in [7, 11) is 0. The number of fused-ring (bicyclic) bond motifs is 2. The number of aromatic nitrogens is 4. The molecular formula is C26H27N9O2. The van der Waals surface area contributed by atoms with E-state index < -0.39 is 0 Å². The lowest BCUT2D eigenvalue weighted by molar-refractivity contribution is 0.251. The van der Waals surface area contributed by atoms with Gasteiger partial charge in [-0.25, -0.2) is 19.6 Å². The summed E-state index contributed by atoms with van der Waals surface area (Å²) < 4.78 is 0. The van der Waals surface area contributed by atoms with Crippen LogP contribution in [0.15, 0.2) is 55.0 Å². The Morgan fingerprint density at radius 1 is 1.14 bits per heavy atom. The summed E-state index contributed by atoms with van der Waals surface area (Å²) in [4.78, 5) is 37.4. The molecule has 2 aromatic carbocycles. The van der Waals surface area contributed by atoms with Crippen LogP contribution in [-0.2, 0) is 0 Å². The summed E-state index contributed by atoms with van der Waals surface area (Å²) in [6, 6.07) is 13.5. The molecule has 1 fully saturated rings. The number of benzene rings is 2. The molecule has 6 rings (SSSR count). The Morgan fingerprint density at radius 3 is 2.89 bits per heavy atom. The van der Waals surface area contributed by atoms with Crippen LogP contribution in [-0.4, -0.2) is 58.4 Å². The fourth-order valence-corrected chi connectivity index (χ4v) is 5.12. The van der Waals surface area contributed by atoms with Crippen LogP contribution in [0.3, 0.4) is 0 Å². The van der Waals surface area contributed by atoms with Gasteiger partial charge < -0.3 is 20.9 Å². The van der Waals surface area contributed by atoms with Gasteiger partial charge in [0.05, 0.1) is 17.3 Å². The highest BCUT2D eigenvalue weighted by Crippen LogP contribution is 2.42. The Balaban J connectivity index is 1.10. The van der Waals surface area contributed by atoms with Gasteiger partial charge in [0.25, 0.3) is 0 Å². The molecule has 11 nitrogen and oxygen atoms in total. The highest BCUT2D eigenvalue weighted by Gasteiger charge is 2.31. The van der Waals surface area contributed by atoms with Gasteiger partial charge in [0.15, 0.2) is 5.65 Å². The Labute approximate surface area is 213 Å². The van der Waals surface area contributed by atoms with E-state index in [1.807, 2.05) is 37.3 Å². The van der Waals surface area contributed by atoms with Crippen LogP contribution >= 0.6 is 0 Å². The van der Waals surface area contributed by atoms with Crippen LogP contribution in [0.5, 0.6) is 0 Å². The number of nitrogens with one attached hydrogen (secondary N) is 4. The molecule has 1 unspecified atom stereocenters. The Kier molecular flexibility index (Phi) is 5.79. The zero-order valence-electron chi connectivity index (χ0n) is 20.4. The maximum atomic E-state index is 12.7. The summed E-state index contributed by atoms with van der Waals surface area (Å²) in [6.07, 6.45) is 4.07. The van der Waals surface area contributed by atoms with Gasteiger partial charge in [0.1, 0.15) is 12.1 Å². The summed E-state index contributed by atoms with van der Waals surface area (Å²) in [5.41, 5.74) is 5.45. The molecule has 0 spiro atoms. The lowest BCUT2D eigenvalue weighted by atomic mass is 9.98. The quantitative estimate of drug-likeness (QED) is 0.322. The monoisotopic (exact) mass is 497 g/mol. The average Bonchev–Trinajstić information content (AvgIpc) is 3.64. The minimum absolute atomic E-state index is 0.119. The molecule has 4 heterocycles. The van der Waals surface area contributed by atoms with Crippen molar-refractivity contribution in [2.45, 2.75) is 19.3 Å². The van der Waals surface area contributed by atoms with Gasteiger partial charge in [-0.2, -0.15) is 5.10 Å². The lowest BCUT2D eigenvalue weighted by Crippen LogP contribution is -2.31. The van der Waals surface area contributed by atoms with Crippen molar-refractivity contribution in [1.82, 2.24) is 30.8 Å². The third kappa shape index (κ3) is 4.28. The van der Waals surface area contributed by atoms with Crippen molar-refractivity contribution in [1.29, 1.82) is 0 Å². The standard InChI is InChI=1S/C26H27N9O2/c1-16-6-7-18(12-22(16)34-11-10-28-26(34)37)32-25(36)27-9-8-17-14-35(21-5-3-2-4-19(17)21)24-20-13-31-33-23(20)29-15-30-24/h2-7,12-13,15,17H,8-11,14H2,1H3,(H,28,37)(H2,27,32,36)(H,29,30,31,33). The molecule has 0 bridgehead atoms. The van der Waals surface area contributed by atoms with Gasteiger partial charge in [-0.1, -0.05) is 24.3 Å². The molecule has 0 saturated carbocycles. The molecule has 0 aliphatic carbocycles. The van der Waals surface area contributed by atoms with Gasteiger partial charge in [-0.15, -0.1) is 0 Å². The number of rotatable bonds is 6. The summed E-state index contributed by atoms with van der Waals surface area (Å²) in [5, 5.41) is 16.6. The molecule has 11 heteroatoms. The summed E-state index contributed by atoms with van der Waals surface area (Å²) in [5.74, 6) is 1.05. The number of anilines is 4. The number of hydrogen-bond acceptors (Lipinski definition) is 6. The minimum Gasteiger partial charge on any atom is -0.338 e. The molecule has 2 aliphatic heterocycles. The van der Waals surface area contributed by atoms with Gasteiger partial charge in [-0.05, 0) is 42.7 Å². The normalized spacial score (nSPS) is 16.7. The molecule has 2 aliphatic rings. The number of amides is 4. The second-order valence-corrected chi connectivity index (χ2v) is 9.25. The molecule has 1 atom stereocenters. The van der Waals surface area contributed by atoms with E-state index in [1.165, 1.54) is 5.56 Å². The predicted octanol–water partition coefficient (Wildman–Crippen LogP) is 3.64. The molecular weight excluding hydrogens is 470 g/mol. The zero-order chi connectivity index (χ0) is 25.4. The topological polar surface area (TPSA) is 131 Å². The first-order valence-corrected chi connectivity index (χ1v) is 12.3. The fourth-order valence-electron chi connectivity index (χ4n) is 5.12. The van der Waals surface area contributed by atoms with E-state index in [4.69, 9.17) is 0 Å². The second-order valence-electron chi connectivity index (χ2n) is 9.25. The number of H-pyrrole nitrogens is 1. The first-order chi connectivity index (χ1) is 18.1. The van der Waals surface area contributed by atoms with E-state index in [9.17, 15) is 9.59 Å². The zero-order valence-corrected chi connectivity index (χ0v) is 20.4. The number of hydrogen-bond donors (Lipinski definition) is 4. The number of aromatic amines is 1. The van der Waals surface area contributed by atoms with E-state index in [-0.39, 0.29) is 18.0 Å². The van der Waals surface area contributed by atoms with E-state index in [0.717, 1.165) is 41.1 Å². The number of nitrogens with zero attached hydrogens (tertiary/aromatic N) is 5. The van der Waals surface area contributed by atoms with Crippen molar-refractivity contribution < 1.29 is 9.59 Å². The SMILES string of the molecule is Cc1ccc(NC(=O)NCCC2CN(c3ncnc4[nH]ncc34)c3ccccc32)cc1N1CCNC1=O. The van der Waals surface area contributed by atoms with Crippen molar-refractivity contribution in [3.05, 3.63) is 66.1 Å². The van der Waals surface area contributed by atoms with Gasteiger partial charge in [0, 0.05) is 43.5 Å². The maximum absolute atomic E-state index is 12.7. The summed E-state index contributed by atoms with van der Waals surface area (Å²) in [6.45, 7) is 4.43. The lowest BCUT2D eigenvalue weighted by Gasteiger charge is -2.19. The Morgan fingerprint density at radius 2 is 2.03 bits per heavy atom. The van der Waals surface area contributed by atoms with Crippen molar-refractivity contribution in [3.63, 3.8) is 0 Å². The van der Waals surface area contributed by atoms with Crippen LogP contribution in [0, 0.1) is 6.92 Å². The number of carbonyl (C=O) groups is 2. The van der Waals surface area contributed by atoms with Gasteiger partial charge >= 0.3 is 12.1 Å². The highest BCUT2D eigenvalue weighted by molar-refractivity contribution is 5.96. The average molecular weight is 498 g/mol. The van der Waals surface area contributed by atoms with Crippen molar-refractivity contribution in [3.8, 4) is 0 Å². The van der Waals surface area contributed by atoms with Crippen molar-refractivity contribution in [2.24, 2.45) is 0 Å². The Hall–Kier alpha value is -4.67. The van der Waals surface area contributed by atoms with Gasteiger partial charge in [-0.3, -0.25) is 10.00 Å². The predicted molar refractivity (Wildman–Crippen MR) is 141 cm³/mol. The third-order valence-electron chi connectivity index (χ3n) is 6.95. The van der Waals surface area contributed by atoms with Crippen LogP contribution in [0.1, 0.15) is 23.5 Å². The third-order valence-corrected chi connectivity index (χ3v) is 6.95. The van der Waals surface area contributed by atoms with E-state index in [2.05, 4.69) is 53.1 Å². The number of aryl methyl sites for hydroxylation is 1. The smallest absolute Gasteiger partial charge is 0.322 e. The maximum Gasteiger partial charge on any atom is 0.322 e. The molecule has 1 saturated heterocycles. The van der Waals surface area contributed by atoms with Crippen LogP contribution in [0.25, 0.3) is 11.0 Å². The number of urea groups is 2. The number of para-hydroxylation sites is 1. The largest absolute Gasteiger partial charge is 0.338 e. The van der Waals surface area contributed by atoms with E-state index in [0.29, 0.717) is 31.0 Å². The molecule has 4 N–H and O–H groups in total. The van der Waals surface area contributed by atoms with Crippen LogP contribution in [0.4, 0.5) is 32.5 Å². The van der Waals surface area contributed by atoms with Gasteiger partial charge in [0.2, 0.25) is 0 Å².